The maximum Gasteiger partial charge on any atom is 0.145 e. The number of nitrogens with one attached hydrogen (secondary N) is 1. The van der Waals surface area contributed by atoms with Gasteiger partial charge in [0.15, 0.2) is 0 Å². The van der Waals surface area contributed by atoms with Gasteiger partial charge in [-0.2, -0.15) is 0 Å². The minimum Gasteiger partial charge on any atom is -0.307 e. The molecule has 106 valence electrons. The molecule has 1 aromatic rings. The Hall–Kier alpha value is -0.960. The SMILES string of the molecule is CCNC(c1ncc(C)cn1)C1CCCC(CC)C1. The van der Waals surface area contributed by atoms with Gasteiger partial charge in [0.05, 0.1) is 6.04 Å². The van der Waals surface area contributed by atoms with E-state index in [0.717, 1.165) is 23.9 Å². The summed E-state index contributed by atoms with van der Waals surface area (Å²) in [6.45, 7) is 7.51. The highest BCUT2D eigenvalue weighted by molar-refractivity contribution is 5.06. The molecule has 2 rings (SSSR count). The third-order valence-electron chi connectivity index (χ3n) is 4.38. The largest absolute Gasteiger partial charge is 0.307 e. The Morgan fingerprint density at radius 1 is 1.26 bits per heavy atom. The van der Waals surface area contributed by atoms with E-state index in [9.17, 15) is 0 Å². The topological polar surface area (TPSA) is 37.8 Å². The fourth-order valence-electron chi connectivity index (χ4n) is 3.26. The van der Waals surface area contributed by atoms with Crippen LogP contribution in [-0.4, -0.2) is 16.5 Å². The van der Waals surface area contributed by atoms with Gasteiger partial charge in [0, 0.05) is 12.4 Å². The van der Waals surface area contributed by atoms with Gasteiger partial charge in [-0.1, -0.05) is 33.1 Å². The number of nitrogens with zero attached hydrogens (tertiary/aromatic N) is 2. The first-order chi connectivity index (χ1) is 9.24. The van der Waals surface area contributed by atoms with Crippen LogP contribution in [0.5, 0.6) is 0 Å². The Morgan fingerprint density at radius 3 is 2.63 bits per heavy atom. The highest BCUT2D eigenvalue weighted by Crippen LogP contribution is 2.37. The van der Waals surface area contributed by atoms with E-state index < -0.39 is 0 Å². The molecular formula is C16H27N3. The molecular weight excluding hydrogens is 234 g/mol. The Kier molecular flexibility index (Phi) is 5.32. The molecule has 3 nitrogen and oxygen atoms in total. The van der Waals surface area contributed by atoms with E-state index in [-0.39, 0.29) is 0 Å². The summed E-state index contributed by atoms with van der Waals surface area (Å²) in [5.41, 5.74) is 1.13. The lowest BCUT2D eigenvalue weighted by Gasteiger charge is -2.34. The van der Waals surface area contributed by atoms with Crippen LogP contribution in [0.1, 0.15) is 63.4 Å². The Bertz CT molecular complexity index is 374. The number of rotatable bonds is 5. The zero-order chi connectivity index (χ0) is 13.7. The van der Waals surface area contributed by atoms with Crippen LogP contribution in [0.25, 0.3) is 0 Å². The van der Waals surface area contributed by atoms with E-state index in [1.54, 1.807) is 0 Å². The minimum absolute atomic E-state index is 0.333. The third-order valence-corrected chi connectivity index (χ3v) is 4.38. The summed E-state index contributed by atoms with van der Waals surface area (Å²) in [5.74, 6) is 2.57. The lowest BCUT2D eigenvalue weighted by molar-refractivity contribution is 0.205. The first-order valence-electron chi connectivity index (χ1n) is 7.76. The van der Waals surface area contributed by atoms with E-state index in [1.807, 2.05) is 19.3 Å². The average molecular weight is 261 g/mol. The predicted molar refractivity (Wildman–Crippen MR) is 78.9 cm³/mol. The van der Waals surface area contributed by atoms with Crippen molar-refractivity contribution in [3.8, 4) is 0 Å². The molecule has 0 bridgehead atoms. The lowest BCUT2D eigenvalue weighted by atomic mass is 9.76. The van der Waals surface area contributed by atoms with Crippen molar-refractivity contribution in [3.63, 3.8) is 0 Å². The first-order valence-corrected chi connectivity index (χ1v) is 7.76. The Balaban J connectivity index is 2.12. The summed E-state index contributed by atoms with van der Waals surface area (Å²) in [7, 11) is 0. The van der Waals surface area contributed by atoms with E-state index in [0.29, 0.717) is 12.0 Å². The van der Waals surface area contributed by atoms with Crippen molar-refractivity contribution < 1.29 is 0 Å². The van der Waals surface area contributed by atoms with Crippen LogP contribution in [0, 0.1) is 18.8 Å². The van der Waals surface area contributed by atoms with Gasteiger partial charge < -0.3 is 5.32 Å². The number of hydrogen-bond donors (Lipinski definition) is 1. The van der Waals surface area contributed by atoms with Crippen molar-refractivity contribution >= 4 is 0 Å². The molecule has 1 aromatic heterocycles. The van der Waals surface area contributed by atoms with E-state index in [2.05, 4.69) is 29.1 Å². The molecule has 0 aromatic carbocycles. The fourth-order valence-corrected chi connectivity index (χ4v) is 3.26. The molecule has 0 radical (unpaired) electrons. The van der Waals surface area contributed by atoms with Gasteiger partial charge >= 0.3 is 0 Å². The molecule has 1 fully saturated rings. The minimum atomic E-state index is 0.333. The molecule has 3 heteroatoms. The van der Waals surface area contributed by atoms with Gasteiger partial charge in [0.2, 0.25) is 0 Å². The molecule has 0 amide bonds. The summed E-state index contributed by atoms with van der Waals surface area (Å²) in [5, 5.41) is 3.61. The van der Waals surface area contributed by atoms with E-state index in [1.165, 1.54) is 32.1 Å². The molecule has 3 unspecified atom stereocenters. The standard InChI is InChI=1S/C16H27N3/c1-4-13-7-6-8-14(9-13)15(17-5-2)16-18-10-12(3)11-19-16/h10-11,13-15,17H,4-9H2,1-3H3. The van der Waals surface area contributed by atoms with Gasteiger partial charge in [-0.15, -0.1) is 0 Å². The maximum atomic E-state index is 4.55. The first kappa shape index (κ1) is 14.4. The molecule has 1 heterocycles. The highest BCUT2D eigenvalue weighted by atomic mass is 15.0. The van der Waals surface area contributed by atoms with Gasteiger partial charge in [0.1, 0.15) is 5.82 Å². The maximum absolute atomic E-state index is 4.55. The summed E-state index contributed by atoms with van der Waals surface area (Å²) < 4.78 is 0. The monoisotopic (exact) mass is 261 g/mol. The van der Waals surface area contributed by atoms with Crippen LogP contribution in [-0.2, 0) is 0 Å². The number of aromatic nitrogens is 2. The average Bonchev–Trinajstić information content (AvgIpc) is 2.46. The highest BCUT2D eigenvalue weighted by Gasteiger charge is 2.29. The molecule has 1 saturated carbocycles. The van der Waals surface area contributed by atoms with Crippen LogP contribution in [0.3, 0.4) is 0 Å². The third kappa shape index (κ3) is 3.75. The Labute approximate surface area is 117 Å². The van der Waals surface area contributed by atoms with Crippen molar-refractivity contribution in [2.75, 3.05) is 6.54 Å². The molecule has 3 atom stereocenters. The number of aryl methyl sites for hydroxylation is 1. The lowest BCUT2D eigenvalue weighted by Crippen LogP contribution is -2.32. The smallest absolute Gasteiger partial charge is 0.145 e. The summed E-state index contributed by atoms with van der Waals surface area (Å²) >= 11 is 0. The Morgan fingerprint density at radius 2 is 2.00 bits per heavy atom. The summed E-state index contributed by atoms with van der Waals surface area (Å²) in [4.78, 5) is 9.10. The van der Waals surface area contributed by atoms with Crippen LogP contribution in [0.4, 0.5) is 0 Å². The van der Waals surface area contributed by atoms with Crippen molar-refractivity contribution in [1.29, 1.82) is 0 Å². The van der Waals surface area contributed by atoms with Gasteiger partial charge in [-0.05, 0) is 43.7 Å². The summed E-state index contributed by atoms with van der Waals surface area (Å²) in [6, 6.07) is 0.333. The fraction of sp³-hybridized carbons (Fsp3) is 0.750. The zero-order valence-corrected chi connectivity index (χ0v) is 12.5. The molecule has 1 aliphatic rings. The quantitative estimate of drug-likeness (QED) is 0.879. The molecule has 0 aliphatic heterocycles. The second-order valence-electron chi connectivity index (χ2n) is 5.85. The van der Waals surface area contributed by atoms with Crippen LogP contribution in [0.15, 0.2) is 12.4 Å². The van der Waals surface area contributed by atoms with Gasteiger partial charge in [0.25, 0.3) is 0 Å². The molecule has 1 N–H and O–H groups in total. The van der Waals surface area contributed by atoms with E-state index in [4.69, 9.17) is 0 Å². The van der Waals surface area contributed by atoms with Crippen molar-refractivity contribution in [2.45, 2.75) is 58.9 Å². The molecule has 19 heavy (non-hydrogen) atoms. The van der Waals surface area contributed by atoms with Crippen molar-refractivity contribution in [1.82, 2.24) is 15.3 Å². The second kappa shape index (κ2) is 6.99. The van der Waals surface area contributed by atoms with Gasteiger partial charge in [-0.25, -0.2) is 9.97 Å². The van der Waals surface area contributed by atoms with Crippen LogP contribution in [0.2, 0.25) is 0 Å². The number of hydrogen-bond acceptors (Lipinski definition) is 3. The van der Waals surface area contributed by atoms with Crippen LogP contribution < -0.4 is 5.32 Å². The molecule has 0 saturated heterocycles. The van der Waals surface area contributed by atoms with E-state index >= 15 is 0 Å². The predicted octanol–water partition coefficient (Wildman–Crippen LogP) is 3.65. The molecule has 1 aliphatic carbocycles. The van der Waals surface area contributed by atoms with Crippen molar-refractivity contribution in [2.24, 2.45) is 11.8 Å². The normalized spacial score (nSPS) is 25.2. The van der Waals surface area contributed by atoms with Crippen molar-refractivity contribution in [3.05, 3.63) is 23.8 Å². The van der Waals surface area contributed by atoms with Gasteiger partial charge in [-0.3, -0.25) is 0 Å². The second-order valence-corrected chi connectivity index (χ2v) is 5.85. The summed E-state index contributed by atoms with van der Waals surface area (Å²) in [6.07, 6.45) is 10.6. The van der Waals surface area contributed by atoms with Crippen LogP contribution >= 0.6 is 0 Å². The molecule has 0 spiro atoms. The zero-order valence-electron chi connectivity index (χ0n) is 12.5.